The highest BCUT2D eigenvalue weighted by atomic mass is 16.3. The largest absolute Gasteiger partial charge is 0.394 e. The van der Waals surface area contributed by atoms with Crippen LogP contribution >= 0.6 is 0 Å². The van der Waals surface area contributed by atoms with E-state index >= 15 is 0 Å². The number of rotatable bonds is 57. The molecule has 0 fully saturated rings. The zero-order chi connectivity index (χ0) is 47.7. The average molecular weight is 929 g/mol. The van der Waals surface area contributed by atoms with E-state index in [2.05, 4.69) is 31.3 Å². The second-order valence-corrected chi connectivity index (χ2v) is 21.1. The monoisotopic (exact) mass is 928 g/mol. The zero-order valence-corrected chi connectivity index (χ0v) is 45.2. The summed E-state index contributed by atoms with van der Waals surface area (Å²) < 4.78 is 0. The van der Waals surface area contributed by atoms with E-state index in [9.17, 15) is 15.0 Å². The number of amides is 1. The van der Waals surface area contributed by atoms with Crippen LogP contribution in [0.3, 0.4) is 0 Å². The van der Waals surface area contributed by atoms with Gasteiger partial charge in [-0.1, -0.05) is 334 Å². The van der Waals surface area contributed by atoms with Gasteiger partial charge in [0.1, 0.15) is 0 Å². The minimum absolute atomic E-state index is 0.0665. The number of nitrogens with one attached hydrogen (secondary N) is 1. The molecule has 0 spiro atoms. The summed E-state index contributed by atoms with van der Waals surface area (Å²) in [4.78, 5) is 12.5. The van der Waals surface area contributed by atoms with Crippen molar-refractivity contribution in [3.8, 4) is 0 Å². The molecule has 0 saturated heterocycles. The fraction of sp³-hybridized carbons (Fsp3) is 0.919. The number of allylic oxidation sites excluding steroid dienone is 3. The van der Waals surface area contributed by atoms with Crippen LogP contribution in [0, 0.1) is 0 Å². The van der Waals surface area contributed by atoms with Gasteiger partial charge in [0.25, 0.3) is 0 Å². The number of unbranched alkanes of at least 4 members (excludes halogenated alkanes) is 48. The van der Waals surface area contributed by atoms with E-state index in [1.54, 1.807) is 6.08 Å². The molecule has 0 heterocycles. The van der Waals surface area contributed by atoms with Crippen molar-refractivity contribution in [2.45, 2.75) is 360 Å². The third kappa shape index (κ3) is 53.8. The van der Waals surface area contributed by atoms with Gasteiger partial charge in [-0.2, -0.15) is 0 Å². The fourth-order valence-corrected chi connectivity index (χ4v) is 9.79. The predicted molar refractivity (Wildman–Crippen MR) is 295 cm³/mol. The molecule has 392 valence electrons. The van der Waals surface area contributed by atoms with Crippen molar-refractivity contribution in [2.24, 2.45) is 0 Å². The standard InChI is InChI=1S/C62H121NO3/c1-3-5-7-9-11-13-15-17-19-21-22-23-24-25-26-27-28-29-30-31-32-33-34-35-36-37-38-39-40-42-44-46-48-50-52-54-56-58-62(66)63-60(59-64)61(65)57-55-53-51-49-47-45-43-41-20-18-16-14-12-10-8-6-4-2/h47,49,55,57,60-61,64-65H,3-46,48,50-54,56,58-59H2,1-2H3,(H,63,66)/b49-47+,57-55+. The van der Waals surface area contributed by atoms with Crippen LogP contribution < -0.4 is 5.32 Å². The molecule has 3 N–H and O–H groups in total. The van der Waals surface area contributed by atoms with E-state index in [1.807, 2.05) is 6.08 Å². The maximum atomic E-state index is 12.5. The Kier molecular flexibility index (Phi) is 57.2. The minimum atomic E-state index is -0.859. The van der Waals surface area contributed by atoms with Gasteiger partial charge in [-0.15, -0.1) is 0 Å². The first kappa shape index (κ1) is 64.9. The van der Waals surface area contributed by atoms with Crippen LogP contribution in [0.2, 0.25) is 0 Å². The van der Waals surface area contributed by atoms with Gasteiger partial charge in [-0.05, 0) is 32.1 Å². The molecule has 0 saturated carbocycles. The minimum Gasteiger partial charge on any atom is -0.394 e. The van der Waals surface area contributed by atoms with Gasteiger partial charge in [0.05, 0.1) is 18.8 Å². The molecule has 66 heavy (non-hydrogen) atoms. The molecule has 2 unspecified atom stereocenters. The first-order valence-electron chi connectivity index (χ1n) is 30.6. The third-order valence-corrected chi connectivity index (χ3v) is 14.4. The van der Waals surface area contributed by atoms with Crippen LogP contribution in [0.15, 0.2) is 24.3 Å². The van der Waals surface area contributed by atoms with Gasteiger partial charge in [-0.3, -0.25) is 4.79 Å². The Morgan fingerprint density at radius 3 is 0.879 bits per heavy atom. The highest BCUT2D eigenvalue weighted by Gasteiger charge is 2.18. The average Bonchev–Trinajstić information content (AvgIpc) is 3.32. The van der Waals surface area contributed by atoms with Crippen LogP contribution in [0.4, 0.5) is 0 Å². The number of carbonyl (C=O) groups is 1. The summed E-state index contributed by atoms with van der Waals surface area (Å²) >= 11 is 0. The van der Waals surface area contributed by atoms with Crippen molar-refractivity contribution in [3.63, 3.8) is 0 Å². The van der Waals surface area contributed by atoms with E-state index in [0.717, 1.165) is 32.1 Å². The van der Waals surface area contributed by atoms with Gasteiger partial charge in [0.2, 0.25) is 5.91 Å². The molecule has 1 amide bonds. The van der Waals surface area contributed by atoms with Crippen molar-refractivity contribution >= 4 is 5.91 Å². The highest BCUT2D eigenvalue weighted by Crippen LogP contribution is 2.18. The Morgan fingerprint density at radius 1 is 0.348 bits per heavy atom. The molecule has 4 heteroatoms. The fourth-order valence-electron chi connectivity index (χ4n) is 9.79. The quantitative estimate of drug-likeness (QED) is 0.0420. The van der Waals surface area contributed by atoms with Crippen LogP contribution in [0.5, 0.6) is 0 Å². The molecule has 0 rings (SSSR count). The van der Waals surface area contributed by atoms with Gasteiger partial charge in [-0.25, -0.2) is 0 Å². The normalized spacial score (nSPS) is 12.8. The summed E-state index contributed by atoms with van der Waals surface area (Å²) in [5.41, 5.74) is 0. The van der Waals surface area contributed by atoms with Crippen LogP contribution in [-0.2, 0) is 4.79 Å². The first-order chi connectivity index (χ1) is 32.7. The summed E-state index contributed by atoms with van der Waals surface area (Å²) in [5, 5.41) is 23.1. The van der Waals surface area contributed by atoms with Gasteiger partial charge >= 0.3 is 0 Å². The number of aliphatic hydroxyl groups excluding tert-OH is 2. The Labute approximate surface area is 415 Å². The highest BCUT2D eigenvalue weighted by molar-refractivity contribution is 5.76. The molecule has 0 aromatic heterocycles. The van der Waals surface area contributed by atoms with Crippen molar-refractivity contribution in [1.29, 1.82) is 0 Å². The second-order valence-electron chi connectivity index (χ2n) is 21.1. The van der Waals surface area contributed by atoms with Crippen molar-refractivity contribution in [1.82, 2.24) is 5.32 Å². The lowest BCUT2D eigenvalue weighted by atomic mass is 10.0. The summed E-state index contributed by atoms with van der Waals surface area (Å²) in [6.07, 6.45) is 78.1. The lowest BCUT2D eigenvalue weighted by Crippen LogP contribution is -2.45. The van der Waals surface area contributed by atoms with E-state index < -0.39 is 12.1 Å². The predicted octanol–water partition coefficient (Wildman–Crippen LogP) is 20.3. The topological polar surface area (TPSA) is 69.6 Å². The summed E-state index contributed by atoms with van der Waals surface area (Å²) in [6.45, 7) is 4.33. The van der Waals surface area contributed by atoms with Gasteiger partial charge in [0, 0.05) is 6.42 Å². The zero-order valence-electron chi connectivity index (χ0n) is 45.2. The number of carbonyl (C=O) groups excluding carboxylic acids is 1. The van der Waals surface area contributed by atoms with E-state index in [1.165, 1.54) is 295 Å². The van der Waals surface area contributed by atoms with Crippen LogP contribution in [0.25, 0.3) is 0 Å². The van der Waals surface area contributed by atoms with Gasteiger partial charge < -0.3 is 15.5 Å². The van der Waals surface area contributed by atoms with Crippen molar-refractivity contribution in [2.75, 3.05) is 6.61 Å². The molecular weight excluding hydrogens is 807 g/mol. The molecule has 4 nitrogen and oxygen atoms in total. The molecule has 0 bridgehead atoms. The number of hydrogen-bond donors (Lipinski definition) is 3. The molecule has 0 aromatic carbocycles. The summed E-state index contributed by atoms with van der Waals surface area (Å²) in [7, 11) is 0. The van der Waals surface area contributed by atoms with Crippen molar-refractivity contribution < 1.29 is 15.0 Å². The van der Waals surface area contributed by atoms with Crippen LogP contribution in [-0.4, -0.2) is 34.9 Å². The lowest BCUT2D eigenvalue weighted by Gasteiger charge is -2.19. The molecule has 2 atom stereocenters. The maximum absolute atomic E-state index is 12.5. The molecule has 0 aliphatic heterocycles. The van der Waals surface area contributed by atoms with Crippen molar-refractivity contribution in [3.05, 3.63) is 24.3 Å². The Hall–Kier alpha value is -1.13. The SMILES string of the molecule is CCCCCCCCCCCCC/C=C/CC/C=C/C(O)C(CO)NC(=O)CCCCCCCCCCCCCCCCCCCCCCCCCCCCCCCCCCCCCCC. The Balaban J connectivity index is 3.39. The second kappa shape index (κ2) is 58.2. The molecule has 0 radical (unpaired) electrons. The smallest absolute Gasteiger partial charge is 0.220 e. The number of hydrogen-bond acceptors (Lipinski definition) is 3. The molecule has 0 aliphatic carbocycles. The molecule has 0 aliphatic rings. The molecule has 0 aromatic rings. The Bertz CT molecular complexity index is 963. The number of aliphatic hydroxyl groups is 2. The summed E-state index contributed by atoms with van der Waals surface area (Å²) in [6, 6.07) is -0.636. The van der Waals surface area contributed by atoms with Crippen LogP contribution in [0.1, 0.15) is 348 Å². The van der Waals surface area contributed by atoms with Gasteiger partial charge in [0.15, 0.2) is 0 Å². The first-order valence-corrected chi connectivity index (χ1v) is 30.6. The van der Waals surface area contributed by atoms with E-state index in [-0.39, 0.29) is 12.5 Å². The third-order valence-electron chi connectivity index (χ3n) is 14.4. The summed E-state index contributed by atoms with van der Waals surface area (Å²) in [5.74, 6) is -0.0665. The van der Waals surface area contributed by atoms with E-state index in [0.29, 0.717) is 6.42 Å². The lowest BCUT2D eigenvalue weighted by molar-refractivity contribution is -0.123. The van der Waals surface area contributed by atoms with E-state index in [4.69, 9.17) is 0 Å². The maximum Gasteiger partial charge on any atom is 0.220 e. The Morgan fingerprint density at radius 2 is 0.591 bits per heavy atom. The molecular formula is C62H121NO3.